The summed E-state index contributed by atoms with van der Waals surface area (Å²) in [5.74, 6) is 0.142. The third kappa shape index (κ3) is 5.23. The fourth-order valence-corrected chi connectivity index (χ4v) is 2.28. The van der Waals surface area contributed by atoms with Crippen LogP contribution in [-0.2, 0) is 11.3 Å². The van der Waals surface area contributed by atoms with Crippen LogP contribution >= 0.6 is 15.9 Å². The highest BCUT2D eigenvalue weighted by atomic mass is 79.9. The van der Waals surface area contributed by atoms with E-state index in [9.17, 15) is 4.79 Å². The number of benzene rings is 2. The number of anilines is 1. The third-order valence-electron chi connectivity index (χ3n) is 3.20. The number of rotatable bonds is 6. The van der Waals surface area contributed by atoms with Crippen molar-refractivity contribution in [2.24, 2.45) is 0 Å². The first kappa shape index (κ1) is 15.6. The third-order valence-corrected chi connectivity index (χ3v) is 3.73. The zero-order chi connectivity index (χ0) is 15.1. The van der Waals surface area contributed by atoms with E-state index in [0.29, 0.717) is 19.5 Å². The highest BCUT2D eigenvalue weighted by Crippen LogP contribution is 2.14. The van der Waals surface area contributed by atoms with Gasteiger partial charge in [-0.2, -0.15) is 0 Å². The summed E-state index contributed by atoms with van der Waals surface area (Å²) in [6.07, 6.45) is 0.486. The van der Waals surface area contributed by atoms with Crippen molar-refractivity contribution in [2.75, 3.05) is 18.9 Å². The molecule has 0 spiro atoms. The standard InChI is InChI=1S/C17H19BrN2O/c1-20(13-14-5-3-2-4-6-14)17(21)11-12-19-16-9-7-15(18)8-10-16/h2-10,19H,11-13H2,1H3. The molecule has 0 atom stereocenters. The molecule has 3 nitrogen and oxygen atoms in total. The molecule has 2 rings (SSSR count). The summed E-state index contributed by atoms with van der Waals surface area (Å²) in [6.45, 7) is 1.29. The topological polar surface area (TPSA) is 32.3 Å². The average Bonchev–Trinajstić information content (AvgIpc) is 2.50. The van der Waals surface area contributed by atoms with Crippen molar-refractivity contribution in [1.29, 1.82) is 0 Å². The summed E-state index contributed by atoms with van der Waals surface area (Å²) < 4.78 is 1.05. The van der Waals surface area contributed by atoms with Gasteiger partial charge in [0.15, 0.2) is 0 Å². The molecule has 110 valence electrons. The number of carbonyl (C=O) groups is 1. The Labute approximate surface area is 134 Å². The number of carbonyl (C=O) groups excluding carboxylic acids is 1. The quantitative estimate of drug-likeness (QED) is 0.859. The molecule has 0 saturated heterocycles. The zero-order valence-corrected chi connectivity index (χ0v) is 13.6. The summed E-state index contributed by atoms with van der Waals surface area (Å²) in [5.41, 5.74) is 2.17. The first-order valence-electron chi connectivity index (χ1n) is 6.92. The van der Waals surface area contributed by atoms with Crippen molar-refractivity contribution >= 4 is 27.5 Å². The molecule has 0 bridgehead atoms. The normalized spacial score (nSPS) is 10.2. The van der Waals surface area contributed by atoms with Crippen LogP contribution < -0.4 is 5.32 Å². The average molecular weight is 347 g/mol. The number of hydrogen-bond acceptors (Lipinski definition) is 2. The van der Waals surface area contributed by atoms with Crippen LogP contribution in [0.4, 0.5) is 5.69 Å². The lowest BCUT2D eigenvalue weighted by atomic mass is 10.2. The molecule has 1 N–H and O–H groups in total. The number of nitrogens with one attached hydrogen (secondary N) is 1. The van der Waals surface area contributed by atoms with E-state index in [1.807, 2.05) is 61.6 Å². The Morgan fingerprint density at radius 2 is 1.76 bits per heavy atom. The molecule has 0 aliphatic rings. The van der Waals surface area contributed by atoms with E-state index >= 15 is 0 Å². The van der Waals surface area contributed by atoms with Crippen LogP contribution in [0.15, 0.2) is 59.1 Å². The van der Waals surface area contributed by atoms with Crippen LogP contribution in [0.5, 0.6) is 0 Å². The number of amides is 1. The predicted octanol–water partition coefficient (Wildman–Crippen LogP) is 3.91. The molecule has 0 fully saturated rings. The second kappa shape index (κ2) is 7.84. The molecule has 0 unspecified atom stereocenters. The van der Waals surface area contributed by atoms with E-state index in [1.54, 1.807) is 4.90 Å². The summed E-state index contributed by atoms with van der Waals surface area (Å²) >= 11 is 3.40. The van der Waals surface area contributed by atoms with Gasteiger partial charge in [0.2, 0.25) is 5.91 Å². The van der Waals surface area contributed by atoms with Gasteiger partial charge in [-0.1, -0.05) is 46.3 Å². The Balaban J connectivity index is 1.75. The number of nitrogens with zero attached hydrogens (tertiary/aromatic N) is 1. The molecule has 0 heterocycles. The fraction of sp³-hybridized carbons (Fsp3) is 0.235. The lowest BCUT2D eigenvalue weighted by molar-refractivity contribution is -0.130. The van der Waals surface area contributed by atoms with E-state index in [2.05, 4.69) is 21.2 Å². The highest BCUT2D eigenvalue weighted by Gasteiger charge is 2.08. The van der Waals surface area contributed by atoms with Crippen molar-refractivity contribution in [1.82, 2.24) is 4.90 Å². The van der Waals surface area contributed by atoms with Gasteiger partial charge in [-0.3, -0.25) is 4.79 Å². The maximum absolute atomic E-state index is 12.1. The smallest absolute Gasteiger partial charge is 0.224 e. The Bertz CT molecular complexity index is 569. The van der Waals surface area contributed by atoms with Crippen LogP contribution in [0.1, 0.15) is 12.0 Å². The fourth-order valence-electron chi connectivity index (χ4n) is 2.02. The van der Waals surface area contributed by atoms with Gasteiger partial charge in [0, 0.05) is 36.7 Å². The van der Waals surface area contributed by atoms with E-state index in [1.165, 1.54) is 0 Å². The monoisotopic (exact) mass is 346 g/mol. The van der Waals surface area contributed by atoms with Gasteiger partial charge in [-0.25, -0.2) is 0 Å². The van der Waals surface area contributed by atoms with Gasteiger partial charge in [0.1, 0.15) is 0 Å². The van der Waals surface area contributed by atoms with Crippen LogP contribution in [0.3, 0.4) is 0 Å². The second-order valence-electron chi connectivity index (χ2n) is 4.92. The Morgan fingerprint density at radius 1 is 1.10 bits per heavy atom. The van der Waals surface area contributed by atoms with Crippen LogP contribution in [0.25, 0.3) is 0 Å². The summed E-state index contributed by atoms with van der Waals surface area (Å²) in [5, 5.41) is 3.25. The molecule has 0 saturated carbocycles. The molecule has 4 heteroatoms. The van der Waals surface area contributed by atoms with Gasteiger partial charge in [0.25, 0.3) is 0 Å². The first-order valence-corrected chi connectivity index (χ1v) is 7.72. The first-order chi connectivity index (χ1) is 10.1. The highest BCUT2D eigenvalue weighted by molar-refractivity contribution is 9.10. The molecule has 0 radical (unpaired) electrons. The van der Waals surface area contributed by atoms with Crippen molar-refractivity contribution in [3.63, 3.8) is 0 Å². The summed E-state index contributed by atoms with van der Waals surface area (Å²) in [4.78, 5) is 13.8. The molecule has 1 amide bonds. The minimum atomic E-state index is 0.142. The van der Waals surface area contributed by atoms with Crippen molar-refractivity contribution in [3.05, 3.63) is 64.6 Å². The largest absolute Gasteiger partial charge is 0.385 e. The van der Waals surface area contributed by atoms with Gasteiger partial charge < -0.3 is 10.2 Å². The number of halogens is 1. The van der Waals surface area contributed by atoms with E-state index < -0.39 is 0 Å². The lowest BCUT2D eigenvalue weighted by Gasteiger charge is -2.17. The maximum Gasteiger partial charge on any atom is 0.224 e. The molecular formula is C17H19BrN2O. The molecule has 2 aromatic carbocycles. The Hall–Kier alpha value is -1.81. The minimum absolute atomic E-state index is 0.142. The minimum Gasteiger partial charge on any atom is -0.385 e. The van der Waals surface area contributed by atoms with Crippen molar-refractivity contribution in [3.8, 4) is 0 Å². The van der Waals surface area contributed by atoms with Gasteiger partial charge in [-0.15, -0.1) is 0 Å². The van der Waals surface area contributed by atoms with Crippen LogP contribution in [0, 0.1) is 0 Å². The van der Waals surface area contributed by atoms with Gasteiger partial charge in [-0.05, 0) is 29.8 Å². The maximum atomic E-state index is 12.1. The van der Waals surface area contributed by atoms with E-state index in [-0.39, 0.29) is 5.91 Å². The van der Waals surface area contributed by atoms with Crippen molar-refractivity contribution in [2.45, 2.75) is 13.0 Å². The summed E-state index contributed by atoms with van der Waals surface area (Å²) in [7, 11) is 1.84. The molecular weight excluding hydrogens is 328 g/mol. The molecule has 0 aliphatic carbocycles. The summed E-state index contributed by atoms with van der Waals surface area (Å²) in [6, 6.07) is 18.0. The lowest BCUT2D eigenvalue weighted by Crippen LogP contribution is -2.27. The van der Waals surface area contributed by atoms with E-state index in [0.717, 1.165) is 15.7 Å². The molecule has 2 aromatic rings. The SMILES string of the molecule is CN(Cc1ccccc1)C(=O)CCNc1ccc(Br)cc1. The van der Waals surface area contributed by atoms with Crippen molar-refractivity contribution < 1.29 is 4.79 Å². The molecule has 0 aromatic heterocycles. The molecule has 21 heavy (non-hydrogen) atoms. The van der Waals surface area contributed by atoms with Crippen LogP contribution in [-0.4, -0.2) is 24.4 Å². The predicted molar refractivity (Wildman–Crippen MR) is 90.2 cm³/mol. The Kier molecular flexibility index (Phi) is 5.81. The van der Waals surface area contributed by atoms with Crippen LogP contribution in [0.2, 0.25) is 0 Å². The van der Waals surface area contributed by atoms with Gasteiger partial charge >= 0.3 is 0 Å². The van der Waals surface area contributed by atoms with Gasteiger partial charge in [0.05, 0.1) is 0 Å². The number of hydrogen-bond donors (Lipinski definition) is 1. The van der Waals surface area contributed by atoms with E-state index in [4.69, 9.17) is 0 Å². The Morgan fingerprint density at radius 3 is 2.43 bits per heavy atom. The molecule has 0 aliphatic heterocycles. The zero-order valence-electron chi connectivity index (χ0n) is 12.1. The second-order valence-corrected chi connectivity index (χ2v) is 5.83.